The van der Waals surface area contributed by atoms with E-state index in [9.17, 15) is 8.42 Å². The van der Waals surface area contributed by atoms with Crippen molar-refractivity contribution < 1.29 is 8.42 Å². The molecule has 0 atom stereocenters. The molecule has 0 spiro atoms. The van der Waals surface area contributed by atoms with Crippen LogP contribution in [-0.4, -0.2) is 42.5 Å². The molecule has 2 N–H and O–H groups in total. The summed E-state index contributed by atoms with van der Waals surface area (Å²) in [6.45, 7) is 2.91. The van der Waals surface area contributed by atoms with E-state index in [1.54, 1.807) is 0 Å². The number of sulfonamides is 1. The van der Waals surface area contributed by atoms with E-state index >= 15 is 0 Å². The van der Waals surface area contributed by atoms with Crippen molar-refractivity contribution in [1.82, 2.24) is 24.8 Å². The number of nitrogens with zero attached hydrogens (tertiary/aromatic N) is 3. The lowest BCUT2D eigenvalue weighted by atomic mass is 10.2. The summed E-state index contributed by atoms with van der Waals surface area (Å²) in [5, 5.41) is 11.6. The molecule has 108 valence electrons. The fourth-order valence-corrected chi connectivity index (χ4v) is 2.69. The third kappa shape index (κ3) is 4.55. The molecule has 7 nitrogen and oxygen atoms in total. The van der Waals surface area contributed by atoms with Crippen LogP contribution in [0.25, 0.3) is 0 Å². The molecule has 2 heterocycles. The van der Waals surface area contributed by atoms with Crippen LogP contribution in [-0.2, 0) is 29.5 Å². The third-order valence-corrected chi connectivity index (χ3v) is 3.84. The standard InChI is InChI=1S/C11H21N5O2S/c1-19(17,18)13-7-4-6-12-9-11-15-14-10-5-2-3-8-16(10)11/h12-13H,2-9H2,1H3. The fourth-order valence-electron chi connectivity index (χ4n) is 2.17. The molecular formula is C11H21N5O2S. The Morgan fingerprint density at radius 2 is 2.11 bits per heavy atom. The summed E-state index contributed by atoms with van der Waals surface area (Å²) in [5.41, 5.74) is 0. The maximum Gasteiger partial charge on any atom is 0.208 e. The van der Waals surface area contributed by atoms with Crippen LogP contribution in [0, 0.1) is 0 Å². The van der Waals surface area contributed by atoms with Gasteiger partial charge in [0.05, 0.1) is 12.8 Å². The molecule has 0 saturated carbocycles. The number of rotatable bonds is 7. The van der Waals surface area contributed by atoms with Crippen molar-refractivity contribution in [2.75, 3.05) is 19.3 Å². The van der Waals surface area contributed by atoms with Gasteiger partial charge in [-0.05, 0) is 25.8 Å². The molecular weight excluding hydrogens is 266 g/mol. The summed E-state index contributed by atoms with van der Waals surface area (Å²) in [5.74, 6) is 2.06. The minimum atomic E-state index is -3.07. The Hall–Kier alpha value is -0.990. The highest BCUT2D eigenvalue weighted by Gasteiger charge is 2.14. The molecule has 0 aliphatic carbocycles. The number of aryl methyl sites for hydroxylation is 1. The van der Waals surface area contributed by atoms with Gasteiger partial charge in [0.25, 0.3) is 0 Å². The summed E-state index contributed by atoms with van der Waals surface area (Å²) >= 11 is 0. The molecule has 19 heavy (non-hydrogen) atoms. The first kappa shape index (κ1) is 14.4. The quantitative estimate of drug-likeness (QED) is 0.669. The van der Waals surface area contributed by atoms with Gasteiger partial charge in [-0.1, -0.05) is 0 Å². The number of nitrogens with one attached hydrogen (secondary N) is 2. The minimum absolute atomic E-state index is 0.462. The van der Waals surface area contributed by atoms with Gasteiger partial charge in [-0.2, -0.15) is 0 Å². The second-order valence-electron chi connectivity index (χ2n) is 4.84. The fraction of sp³-hybridized carbons (Fsp3) is 0.818. The van der Waals surface area contributed by atoms with Gasteiger partial charge in [-0.3, -0.25) is 0 Å². The Kier molecular flexibility index (Phi) is 4.89. The Bertz CT molecular complexity index is 511. The Labute approximate surface area is 113 Å². The Balaban J connectivity index is 1.67. The number of fused-ring (bicyclic) bond motifs is 1. The zero-order valence-electron chi connectivity index (χ0n) is 11.2. The van der Waals surface area contributed by atoms with Crippen LogP contribution in [0.4, 0.5) is 0 Å². The molecule has 1 aliphatic heterocycles. The number of hydrogen-bond acceptors (Lipinski definition) is 5. The molecule has 0 bridgehead atoms. The summed E-state index contributed by atoms with van der Waals surface area (Å²) in [6.07, 6.45) is 5.33. The van der Waals surface area contributed by atoms with Crippen LogP contribution in [0.5, 0.6) is 0 Å². The van der Waals surface area contributed by atoms with Crippen molar-refractivity contribution in [2.45, 2.75) is 38.8 Å². The van der Waals surface area contributed by atoms with Crippen molar-refractivity contribution in [3.05, 3.63) is 11.6 Å². The van der Waals surface area contributed by atoms with Crippen LogP contribution >= 0.6 is 0 Å². The molecule has 1 aliphatic rings. The third-order valence-electron chi connectivity index (χ3n) is 3.11. The van der Waals surface area contributed by atoms with E-state index in [-0.39, 0.29) is 0 Å². The zero-order chi connectivity index (χ0) is 13.7. The molecule has 0 fully saturated rings. The molecule has 1 aromatic heterocycles. The first-order valence-electron chi connectivity index (χ1n) is 6.62. The predicted molar refractivity (Wildman–Crippen MR) is 72.1 cm³/mol. The van der Waals surface area contributed by atoms with E-state index in [0.29, 0.717) is 13.1 Å². The maximum atomic E-state index is 10.9. The number of aromatic nitrogens is 3. The van der Waals surface area contributed by atoms with E-state index < -0.39 is 10.0 Å². The second kappa shape index (κ2) is 6.44. The van der Waals surface area contributed by atoms with Crippen LogP contribution in [0.3, 0.4) is 0 Å². The Morgan fingerprint density at radius 3 is 2.89 bits per heavy atom. The predicted octanol–water partition coefficient (Wildman–Crippen LogP) is -0.357. The van der Waals surface area contributed by atoms with E-state index in [0.717, 1.165) is 37.6 Å². The smallest absolute Gasteiger partial charge is 0.208 e. The maximum absolute atomic E-state index is 10.9. The molecule has 2 rings (SSSR count). The van der Waals surface area contributed by atoms with Gasteiger partial charge in [0, 0.05) is 19.5 Å². The second-order valence-corrected chi connectivity index (χ2v) is 6.67. The van der Waals surface area contributed by atoms with Gasteiger partial charge in [-0.15, -0.1) is 10.2 Å². The van der Waals surface area contributed by atoms with E-state index in [1.165, 1.54) is 19.1 Å². The molecule has 8 heteroatoms. The molecule has 0 aromatic carbocycles. The van der Waals surface area contributed by atoms with Gasteiger partial charge < -0.3 is 9.88 Å². The number of hydrogen-bond donors (Lipinski definition) is 2. The van der Waals surface area contributed by atoms with Crippen molar-refractivity contribution in [3.8, 4) is 0 Å². The molecule has 0 unspecified atom stereocenters. The van der Waals surface area contributed by atoms with Crippen LogP contribution in [0.2, 0.25) is 0 Å². The van der Waals surface area contributed by atoms with Gasteiger partial charge in [-0.25, -0.2) is 13.1 Å². The highest BCUT2D eigenvalue weighted by atomic mass is 32.2. The first-order valence-corrected chi connectivity index (χ1v) is 8.52. The van der Waals surface area contributed by atoms with Gasteiger partial charge >= 0.3 is 0 Å². The molecule has 0 saturated heterocycles. The average Bonchev–Trinajstić information content (AvgIpc) is 2.76. The lowest BCUT2D eigenvalue weighted by molar-refractivity contribution is 0.496. The van der Waals surface area contributed by atoms with Gasteiger partial charge in [0.15, 0.2) is 0 Å². The molecule has 1 aromatic rings. The average molecular weight is 287 g/mol. The van der Waals surface area contributed by atoms with Crippen LogP contribution < -0.4 is 10.0 Å². The topological polar surface area (TPSA) is 88.9 Å². The van der Waals surface area contributed by atoms with Crippen molar-refractivity contribution in [3.63, 3.8) is 0 Å². The highest BCUT2D eigenvalue weighted by Crippen LogP contribution is 2.13. The summed E-state index contributed by atoms with van der Waals surface area (Å²) in [7, 11) is -3.07. The lowest BCUT2D eigenvalue weighted by Crippen LogP contribution is -2.27. The molecule has 0 amide bonds. The van der Waals surface area contributed by atoms with Crippen molar-refractivity contribution in [2.24, 2.45) is 0 Å². The zero-order valence-corrected chi connectivity index (χ0v) is 12.0. The minimum Gasteiger partial charge on any atom is -0.314 e. The summed E-state index contributed by atoms with van der Waals surface area (Å²) in [4.78, 5) is 0. The highest BCUT2D eigenvalue weighted by molar-refractivity contribution is 7.88. The summed E-state index contributed by atoms with van der Waals surface area (Å²) in [6, 6.07) is 0. The van der Waals surface area contributed by atoms with Crippen LogP contribution in [0.15, 0.2) is 0 Å². The van der Waals surface area contributed by atoms with E-state index in [4.69, 9.17) is 0 Å². The SMILES string of the molecule is CS(=O)(=O)NCCCNCc1nnc2n1CCCC2. The Morgan fingerprint density at radius 1 is 1.26 bits per heavy atom. The van der Waals surface area contributed by atoms with Gasteiger partial charge in [0.2, 0.25) is 10.0 Å². The van der Waals surface area contributed by atoms with Crippen molar-refractivity contribution >= 4 is 10.0 Å². The van der Waals surface area contributed by atoms with Crippen molar-refractivity contribution in [1.29, 1.82) is 0 Å². The lowest BCUT2D eigenvalue weighted by Gasteiger charge is -2.14. The van der Waals surface area contributed by atoms with Gasteiger partial charge in [0.1, 0.15) is 11.6 Å². The monoisotopic (exact) mass is 287 g/mol. The van der Waals surface area contributed by atoms with E-state index in [1.807, 2.05) is 0 Å². The molecule has 0 radical (unpaired) electrons. The largest absolute Gasteiger partial charge is 0.314 e. The van der Waals surface area contributed by atoms with E-state index in [2.05, 4.69) is 24.8 Å². The van der Waals surface area contributed by atoms with Crippen LogP contribution in [0.1, 0.15) is 30.9 Å². The first-order chi connectivity index (χ1) is 9.06. The summed E-state index contributed by atoms with van der Waals surface area (Å²) < 4.78 is 26.4. The normalized spacial score (nSPS) is 15.4.